The highest BCUT2D eigenvalue weighted by Gasteiger charge is 2.23. The number of hydrogen-bond donors (Lipinski definition) is 1. The SMILES string of the molecule is O=C(CCCc1cccc(Cl)c1)NCCS(=O)(=O)N1CCOCC1. The lowest BCUT2D eigenvalue weighted by Gasteiger charge is -2.26. The number of hydrogen-bond acceptors (Lipinski definition) is 4. The number of ether oxygens (including phenoxy) is 1. The first-order chi connectivity index (χ1) is 11.5. The maximum absolute atomic E-state index is 12.1. The van der Waals surface area contributed by atoms with Crippen LogP contribution in [0.2, 0.25) is 5.02 Å². The number of carbonyl (C=O) groups is 1. The summed E-state index contributed by atoms with van der Waals surface area (Å²) in [5, 5.41) is 3.36. The third-order valence-corrected chi connectivity index (χ3v) is 5.91. The Balaban J connectivity index is 1.64. The highest BCUT2D eigenvalue weighted by atomic mass is 35.5. The summed E-state index contributed by atoms with van der Waals surface area (Å²) in [4.78, 5) is 11.8. The van der Waals surface area contributed by atoms with Gasteiger partial charge in [-0.1, -0.05) is 23.7 Å². The van der Waals surface area contributed by atoms with Crippen molar-refractivity contribution in [3.8, 4) is 0 Å². The van der Waals surface area contributed by atoms with Crippen molar-refractivity contribution in [2.75, 3.05) is 38.6 Å². The fourth-order valence-corrected chi connectivity index (χ4v) is 4.04. The maximum atomic E-state index is 12.1. The first kappa shape index (κ1) is 19.2. The minimum atomic E-state index is -3.32. The van der Waals surface area contributed by atoms with Crippen molar-refractivity contribution in [2.24, 2.45) is 0 Å². The van der Waals surface area contributed by atoms with E-state index >= 15 is 0 Å². The molecule has 0 aromatic heterocycles. The molecule has 0 spiro atoms. The van der Waals surface area contributed by atoms with E-state index in [1.165, 1.54) is 4.31 Å². The number of sulfonamides is 1. The highest BCUT2D eigenvalue weighted by molar-refractivity contribution is 7.89. The van der Waals surface area contributed by atoms with Crippen LogP contribution >= 0.6 is 11.6 Å². The van der Waals surface area contributed by atoms with Crippen LogP contribution in [0.1, 0.15) is 18.4 Å². The van der Waals surface area contributed by atoms with Gasteiger partial charge in [0.05, 0.1) is 19.0 Å². The molecule has 1 heterocycles. The average molecular weight is 375 g/mol. The van der Waals surface area contributed by atoms with Gasteiger partial charge in [0, 0.05) is 31.1 Å². The molecule has 1 aromatic rings. The van der Waals surface area contributed by atoms with Crippen molar-refractivity contribution in [1.29, 1.82) is 0 Å². The van der Waals surface area contributed by atoms with Crippen LogP contribution in [-0.4, -0.2) is 57.2 Å². The topological polar surface area (TPSA) is 75.7 Å². The van der Waals surface area contributed by atoms with Gasteiger partial charge in [-0.3, -0.25) is 4.79 Å². The van der Waals surface area contributed by atoms with Gasteiger partial charge in [-0.05, 0) is 30.5 Å². The molecule has 134 valence electrons. The van der Waals surface area contributed by atoms with Crippen LogP contribution in [0.5, 0.6) is 0 Å². The third kappa shape index (κ3) is 6.39. The second-order valence-electron chi connectivity index (χ2n) is 5.66. The molecular weight excluding hydrogens is 352 g/mol. The van der Waals surface area contributed by atoms with Gasteiger partial charge in [0.25, 0.3) is 0 Å². The quantitative estimate of drug-likeness (QED) is 0.747. The van der Waals surface area contributed by atoms with Crippen molar-refractivity contribution in [2.45, 2.75) is 19.3 Å². The summed E-state index contributed by atoms with van der Waals surface area (Å²) in [5.41, 5.74) is 1.09. The molecule has 0 unspecified atom stereocenters. The van der Waals surface area contributed by atoms with Crippen molar-refractivity contribution in [3.63, 3.8) is 0 Å². The molecule has 1 N–H and O–H groups in total. The minimum Gasteiger partial charge on any atom is -0.379 e. The molecule has 0 saturated carbocycles. The average Bonchev–Trinajstić information content (AvgIpc) is 2.55. The molecule has 6 nitrogen and oxygen atoms in total. The molecule has 0 aliphatic carbocycles. The van der Waals surface area contributed by atoms with Gasteiger partial charge >= 0.3 is 0 Å². The van der Waals surface area contributed by atoms with Gasteiger partial charge in [-0.2, -0.15) is 4.31 Å². The van der Waals surface area contributed by atoms with Crippen LogP contribution in [0.25, 0.3) is 0 Å². The van der Waals surface area contributed by atoms with Crippen molar-refractivity contribution in [1.82, 2.24) is 9.62 Å². The van der Waals surface area contributed by atoms with Crippen LogP contribution in [0, 0.1) is 0 Å². The Labute approximate surface area is 148 Å². The van der Waals surface area contributed by atoms with Gasteiger partial charge in [0.15, 0.2) is 0 Å². The third-order valence-electron chi connectivity index (χ3n) is 3.80. The van der Waals surface area contributed by atoms with E-state index in [0.717, 1.165) is 12.0 Å². The fourth-order valence-electron chi connectivity index (χ4n) is 2.51. The van der Waals surface area contributed by atoms with E-state index in [1.807, 2.05) is 24.3 Å². The Kier molecular flexibility index (Phi) is 7.48. The normalized spacial score (nSPS) is 16.0. The number of aryl methyl sites for hydroxylation is 1. The van der Waals surface area contributed by atoms with Crippen LogP contribution < -0.4 is 5.32 Å². The van der Waals surface area contributed by atoms with Crippen LogP contribution in [0.15, 0.2) is 24.3 Å². The summed E-state index contributed by atoms with van der Waals surface area (Å²) in [5.74, 6) is -0.207. The zero-order chi connectivity index (χ0) is 17.4. The predicted molar refractivity (Wildman–Crippen MR) is 93.6 cm³/mol. The predicted octanol–water partition coefficient (Wildman–Crippen LogP) is 1.44. The van der Waals surface area contributed by atoms with Crippen molar-refractivity contribution >= 4 is 27.5 Å². The van der Waals surface area contributed by atoms with Gasteiger partial charge < -0.3 is 10.1 Å². The van der Waals surface area contributed by atoms with E-state index in [1.54, 1.807) is 0 Å². The molecule has 2 rings (SSSR count). The smallest absolute Gasteiger partial charge is 0.220 e. The van der Waals surface area contributed by atoms with Gasteiger partial charge in [-0.25, -0.2) is 8.42 Å². The number of rotatable bonds is 8. The molecule has 1 amide bonds. The Morgan fingerprint density at radius 2 is 2.04 bits per heavy atom. The number of amides is 1. The monoisotopic (exact) mass is 374 g/mol. The number of nitrogens with one attached hydrogen (secondary N) is 1. The fraction of sp³-hybridized carbons (Fsp3) is 0.562. The second-order valence-corrected chi connectivity index (χ2v) is 8.19. The number of morpholine rings is 1. The van der Waals surface area contributed by atoms with E-state index in [0.29, 0.717) is 44.2 Å². The standard InChI is InChI=1S/C16H23ClN2O4S/c17-15-5-1-3-14(13-15)4-2-6-16(20)18-7-12-24(21,22)19-8-10-23-11-9-19/h1,3,5,13H,2,4,6-12H2,(H,18,20). The van der Waals surface area contributed by atoms with E-state index in [2.05, 4.69) is 5.32 Å². The van der Waals surface area contributed by atoms with E-state index < -0.39 is 10.0 Å². The lowest BCUT2D eigenvalue weighted by atomic mass is 10.1. The number of benzene rings is 1. The number of nitrogens with zero attached hydrogens (tertiary/aromatic N) is 1. The lowest BCUT2D eigenvalue weighted by molar-refractivity contribution is -0.121. The van der Waals surface area contributed by atoms with Gasteiger partial charge in [0.2, 0.25) is 15.9 Å². The number of carbonyl (C=O) groups excluding carboxylic acids is 1. The molecule has 8 heteroatoms. The molecular formula is C16H23ClN2O4S. The molecule has 1 saturated heterocycles. The minimum absolute atomic E-state index is 0.0764. The first-order valence-electron chi connectivity index (χ1n) is 8.04. The summed E-state index contributed by atoms with van der Waals surface area (Å²) in [6.07, 6.45) is 1.83. The van der Waals surface area contributed by atoms with Crippen LogP contribution in [0.3, 0.4) is 0 Å². The Morgan fingerprint density at radius 1 is 1.29 bits per heavy atom. The molecule has 0 atom stereocenters. The van der Waals surface area contributed by atoms with Crippen molar-refractivity contribution in [3.05, 3.63) is 34.9 Å². The molecule has 1 aliphatic rings. The second kappa shape index (κ2) is 9.36. The Hall–Kier alpha value is -1.15. The summed E-state index contributed by atoms with van der Waals surface area (Å²) in [7, 11) is -3.32. The summed E-state index contributed by atoms with van der Waals surface area (Å²) < 4.78 is 30.8. The first-order valence-corrected chi connectivity index (χ1v) is 10.0. The van der Waals surface area contributed by atoms with Crippen LogP contribution in [-0.2, 0) is 26.0 Å². The molecule has 24 heavy (non-hydrogen) atoms. The van der Waals surface area contributed by atoms with E-state index in [4.69, 9.17) is 16.3 Å². The van der Waals surface area contributed by atoms with E-state index in [-0.39, 0.29) is 18.2 Å². The highest BCUT2D eigenvalue weighted by Crippen LogP contribution is 2.12. The summed E-state index contributed by atoms with van der Waals surface area (Å²) >= 11 is 5.91. The Morgan fingerprint density at radius 3 is 2.75 bits per heavy atom. The largest absolute Gasteiger partial charge is 0.379 e. The zero-order valence-corrected chi connectivity index (χ0v) is 15.1. The Bertz CT molecular complexity index is 645. The van der Waals surface area contributed by atoms with Gasteiger partial charge in [0.1, 0.15) is 0 Å². The molecule has 1 aromatic carbocycles. The molecule has 1 aliphatic heterocycles. The van der Waals surface area contributed by atoms with Crippen LogP contribution in [0.4, 0.5) is 0 Å². The zero-order valence-electron chi connectivity index (χ0n) is 13.5. The molecule has 0 bridgehead atoms. The lowest BCUT2D eigenvalue weighted by Crippen LogP contribution is -2.43. The summed E-state index contributed by atoms with van der Waals surface area (Å²) in [6, 6.07) is 7.55. The summed E-state index contributed by atoms with van der Waals surface area (Å²) in [6.45, 7) is 1.76. The molecule has 0 radical (unpaired) electrons. The van der Waals surface area contributed by atoms with Crippen molar-refractivity contribution < 1.29 is 17.9 Å². The maximum Gasteiger partial charge on any atom is 0.220 e. The van der Waals surface area contributed by atoms with E-state index in [9.17, 15) is 13.2 Å². The number of halogens is 1. The van der Waals surface area contributed by atoms with Gasteiger partial charge in [-0.15, -0.1) is 0 Å². The molecule has 1 fully saturated rings.